The van der Waals surface area contributed by atoms with E-state index < -0.39 is 30.3 Å². The minimum Gasteiger partial charge on any atom is -0.382 e. The molecular formula is C13H15N5O4. The topological polar surface area (TPSA) is 114 Å². The second kappa shape index (κ2) is 4.45. The molecule has 2 N–H and O–H groups in total. The van der Waals surface area contributed by atoms with Crippen LogP contribution in [0.15, 0.2) is 12.7 Å². The first-order valence-corrected chi connectivity index (χ1v) is 6.89. The fraction of sp³-hybridized carbons (Fsp3) is 0.538. The number of anilines is 1. The quantitative estimate of drug-likeness (QED) is 0.773. The van der Waals surface area contributed by atoms with E-state index in [9.17, 15) is 4.79 Å². The molecule has 0 saturated carbocycles. The largest absolute Gasteiger partial charge is 0.382 e. The van der Waals surface area contributed by atoms with Gasteiger partial charge in [-0.1, -0.05) is 0 Å². The zero-order valence-electron chi connectivity index (χ0n) is 12.0. The summed E-state index contributed by atoms with van der Waals surface area (Å²) in [6.45, 7) is 3.60. The van der Waals surface area contributed by atoms with Crippen molar-refractivity contribution in [3.05, 3.63) is 12.7 Å². The number of nitrogens with zero attached hydrogens (tertiary/aromatic N) is 4. The maximum Gasteiger partial charge on any atom is 0.167 e. The fourth-order valence-corrected chi connectivity index (χ4v) is 3.00. The molecule has 0 amide bonds. The number of nitrogens with two attached hydrogens (primary N) is 1. The Morgan fingerprint density at radius 2 is 2.05 bits per heavy atom. The van der Waals surface area contributed by atoms with Crippen molar-refractivity contribution in [2.45, 2.75) is 44.2 Å². The predicted molar refractivity (Wildman–Crippen MR) is 73.5 cm³/mol. The van der Waals surface area contributed by atoms with Crippen molar-refractivity contribution in [3.8, 4) is 0 Å². The number of hydrogen-bond acceptors (Lipinski definition) is 8. The van der Waals surface area contributed by atoms with Crippen LogP contribution in [0.4, 0.5) is 5.82 Å². The highest BCUT2D eigenvalue weighted by Crippen LogP contribution is 2.43. The predicted octanol–water partition coefficient (Wildman–Crippen LogP) is 0.0249. The summed E-state index contributed by atoms with van der Waals surface area (Å²) >= 11 is 0. The van der Waals surface area contributed by atoms with Crippen LogP contribution in [0.25, 0.3) is 11.2 Å². The van der Waals surface area contributed by atoms with Gasteiger partial charge in [0, 0.05) is 0 Å². The Bertz CT molecular complexity index is 745. The highest BCUT2D eigenvalue weighted by molar-refractivity contribution is 5.81. The van der Waals surface area contributed by atoms with Gasteiger partial charge in [-0.2, -0.15) is 0 Å². The van der Waals surface area contributed by atoms with E-state index in [1.54, 1.807) is 24.7 Å². The highest BCUT2D eigenvalue weighted by Gasteiger charge is 2.56. The lowest BCUT2D eigenvalue weighted by Crippen LogP contribution is -2.30. The molecule has 2 aliphatic heterocycles. The Balaban J connectivity index is 1.78. The summed E-state index contributed by atoms with van der Waals surface area (Å²) in [7, 11) is 0. The van der Waals surface area contributed by atoms with Gasteiger partial charge in [0.2, 0.25) is 0 Å². The molecule has 0 radical (unpaired) electrons. The van der Waals surface area contributed by atoms with Crippen molar-refractivity contribution in [2.75, 3.05) is 5.73 Å². The summed E-state index contributed by atoms with van der Waals surface area (Å²) in [6, 6.07) is 0. The van der Waals surface area contributed by atoms with Crippen LogP contribution in [-0.4, -0.2) is 49.9 Å². The van der Waals surface area contributed by atoms with Gasteiger partial charge in [0.15, 0.2) is 29.8 Å². The Labute approximate surface area is 125 Å². The van der Waals surface area contributed by atoms with Crippen LogP contribution >= 0.6 is 0 Å². The van der Waals surface area contributed by atoms with E-state index in [1.165, 1.54) is 6.33 Å². The summed E-state index contributed by atoms with van der Waals surface area (Å²) < 4.78 is 19.1. The Kier molecular flexibility index (Phi) is 2.74. The van der Waals surface area contributed by atoms with Crippen LogP contribution < -0.4 is 5.73 Å². The molecule has 0 bridgehead atoms. The molecule has 2 fully saturated rings. The van der Waals surface area contributed by atoms with Gasteiger partial charge >= 0.3 is 0 Å². The Morgan fingerprint density at radius 3 is 2.82 bits per heavy atom. The molecule has 4 atom stereocenters. The molecule has 2 saturated heterocycles. The molecule has 0 aromatic carbocycles. The van der Waals surface area contributed by atoms with Crippen molar-refractivity contribution in [3.63, 3.8) is 0 Å². The number of fused-ring (bicyclic) bond motifs is 2. The summed E-state index contributed by atoms with van der Waals surface area (Å²) in [4.78, 5) is 23.6. The van der Waals surface area contributed by atoms with E-state index in [2.05, 4.69) is 15.0 Å². The smallest absolute Gasteiger partial charge is 0.167 e. The molecule has 2 aromatic heterocycles. The third-order valence-corrected chi connectivity index (χ3v) is 3.86. The molecule has 0 aliphatic carbocycles. The minimum atomic E-state index is -0.775. The van der Waals surface area contributed by atoms with Gasteiger partial charge in [-0.15, -0.1) is 0 Å². The molecule has 1 unspecified atom stereocenters. The SMILES string of the molecule is CC1(C)O[C@@H]2[C@@H](C=O)OC(n3cnc4c(N)ncnc43)[C@@H]2O1. The zero-order valence-corrected chi connectivity index (χ0v) is 12.0. The molecule has 4 rings (SSSR count). The van der Waals surface area contributed by atoms with Crippen molar-refractivity contribution < 1.29 is 19.0 Å². The maximum absolute atomic E-state index is 11.3. The molecule has 0 spiro atoms. The lowest BCUT2D eigenvalue weighted by atomic mass is 10.1. The summed E-state index contributed by atoms with van der Waals surface area (Å²) in [5, 5.41) is 0. The average Bonchev–Trinajstić information content (AvgIpc) is 3.10. The van der Waals surface area contributed by atoms with Gasteiger partial charge in [0.25, 0.3) is 0 Å². The second-order valence-electron chi connectivity index (χ2n) is 5.78. The first kappa shape index (κ1) is 13.6. The molecule has 2 aliphatic rings. The van der Waals surface area contributed by atoms with Gasteiger partial charge in [-0.3, -0.25) is 4.57 Å². The molecule has 9 nitrogen and oxygen atoms in total. The first-order valence-electron chi connectivity index (χ1n) is 6.89. The number of aromatic nitrogens is 4. The summed E-state index contributed by atoms with van der Waals surface area (Å²) in [6.07, 6.45) is 1.47. The Morgan fingerprint density at radius 1 is 1.27 bits per heavy atom. The molecule has 4 heterocycles. The van der Waals surface area contributed by atoms with Crippen LogP contribution in [0.5, 0.6) is 0 Å². The molecule has 9 heteroatoms. The maximum atomic E-state index is 11.3. The summed E-state index contributed by atoms with van der Waals surface area (Å²) in [5.41, 5.74) is 6.80. The number of carbonyl (C=O) groups is 1. The standard InChI is InChI=1S/C13H15N5O4/c1-13(2)21-8-6(3-19)20-12(9(8)22-13)18-5-17-7-10(14)15-4-16-11(7)18/h3-6,8-9,12H,1-2H3,(H2,14,15,16)/t6-,8-,9-,12?/m1/s1. The van der Waals surface area contributed by atoms with E-state index in [0.717, 1.165) is 6.29 Å². The van der Waals surface area contributed by atoms with Gasteiger partial charge in [-0.05, 0) is 13.8 Å². The van der Waals surface area contributed by atoms with Crippen LogP contribution in [0, 0.1) is 0 Å². The summed E-state index contributed by atoms with van der Waals surface area (Å²) in [5.74, 6) is -0.489. The number of nitrogen functional groups attached to an aromatic ring is 1. The van der Waals surface area contributed by atoms with Gasteiger partial charge in [0.05, 0.1) is 6.33 Å². The second-order valence-corrected chi connectivity index (χ2v) is 5.78. The van der Waals surface area contributed by atoms with Crippen LogP contribution in [0.1, 0.15) is 20.1 Å². The lowest BCUT2D eigenvalue weighted by Gasteiger charge is -2.23. The highest BCUT2D eigenvalue weighted by atomic mass is 16.8. The minimum absolute atomic E-state index is 0.286. The number of aldehydes is 1. The first-order chi connectivity index (χ1) is 10.5. The van der Waals surface area contributed by atoms with Crippen molar-refractivity contribution in [1.29, 1.82) is 0 Å². The fourth-order valence-electron chi connectivity index (χ4n) is 3.00. The third kappa shape index (κ3) is 1.83. The van der Waals surface area contributed by atoms with Crippen LogP contribution in [0.3, 0.4) is 0 Å². The van der Waals surface area contributed by atoms with E-state index in [1.807, 2.05) is 0 Å². The van der Waals surface area contributed by atoms with Gasteiger partial charge < -0.3 is 24.7 Å². The van der Waals surface area contributed by atoms with Gasteiger partial charge in [0.1, 0.15) is 30.2 Å². The van der Waals surface area contributed by atoms with E-state index in [-0.39, 0.29) is 5.82 Å². The zero-order chi connectivity index (χ0) is 15.5. The van der Waals surface area contributed by atoms with Crippen molar-refractivity contribution in [1.82, 2.24) is 19.5 Å². The van der Waals surface area contributed by atoms with Crippen LogP contribution in [-0.2, 0) is 19.0 Å². The van der Waals surface area contributed by atoms with Crippen molar-refractivity contribution >= 4 is 23.3 Å². The van der Waals surface area contributed by atoms with Crippen LogP contribution in [0.2, 0.25) is 0 Å². The van der Waals surface area contributed by atoms with Gasteiger partial charge in [-0.25, -0.2) is 15.0 Å². The number of carbonyl (C=O) groups excluding carboxylic acids is 1. The molecule has 22 heavy (non-hydrogen) atoms. The number of imidazole rings is 1. The van der Waals surface area contributed by atoms with Crippen molar-refractivity contribution in [2.24, 2.45) is 0 Å². The number of ether oxygens (including phenoxy) is 3. The third-order valence-electron chi connectivity index (χ3n) is 3.86. The Hall–Kier alpha value is -2.10. The number of rotatable bonds is 2. The molecule has 116 valence electrons. The molecule has 2 aromatic rings. The van der Waals surface area contributed by atoms with E-state index >= 15 is 0 Å². The molecular weight excluding hydrogens is 290 g/mol. The lowest BCUT2D eigenvalue weighted by molar-refractivity contribution is -0.194. The average molecular weight is 305 g/mol. The monoisotopic (exact) mass is 305 g/mol. The van der Waals surface area contributed by atoms with E-state index in [4.69, 9.17) is 19.9 Å². The van der Waals surface area contributed by atoms with E-state index in [0.29, 0.717) is 11.2 Å². The number of hydrogen-bond donors (Lipinski definition) is 1. The normalized spacial score (nSPS) is 33.2.